The molecule has 2 rings (SSSR count). The molecule has 0 saturated carbocycles. The second-order valence-corrected chi connectivity index (χ2v) is 7.34. The molecule has 22 heavy (non-hydrogen) atoms. The Morgan fingerprint density at radius 1 is 1.50 bits per heavy atom. The fraction of sp³-hybridized carbons (Fsp3) is 0.692. The minimum absolute atomic E-state index is 0.263. The number of nitrogens with zero attached hydrogens (tertiary/aromatic N) is 3. The molecule has 124 valence electrons. The van der Waals surface area contributed by atoms with Crippen LogP contribution in [-0.2, 0) is 22.1 Å². The maximum Gasteiger partial charge on any atom is 0.280 e. The zero-order chi connectivity index (χ0) is 16.5. The number of hydrogen-bond donors (Lipinski definition) is 2. The average Bonchev–Trinajstić information content (AvgIpc) is 2.77. The molecule has 0 bridgehead atoms. The highest BCUT2D eigenvalue weighted by Crippen LogP contribution is 2.29. The minimum Gasteiger partial charge on any atom is -0.355 e. The van der Waals surface area contributed by atoms with Crippen LogP contribution in [0.15, 0.2) is 6.20 Å². The van der Waals surface area contributed by atoms with E-state index < -0.39 is 22.3 Å². The molecule has 1 aliphatic heterocycles. The lowest BCUT2D eigenvalue weighted by atomic mass is 10.00. The quantitative estimate of drug-likeness (QED) is 0.802. The van der Waals surface area contributed by atoms with Gasteiger partial charge in [0.05, 0.1) is 11.7 Å². The lowest BCUT2D eigenvalue weighted by molar-refractivity contribution is -0.125. The van der Waals surface area contributed by atoms with Crippen LogP contribution in [0.3, 0.4) is 0 Å². The van der Waals surface area contributed by atoms with Gasteiger partial charge in [0.15, 0.2) is 0 Å². The first-order valence-electron chi connectivity index (χ1n) is 7.29. The SMILES string of the molecule is CCCNC(=O)C1CC(c2cn(C)nc2C)NS(=O)(=O)N1C. The van der Waals surface area contributed by atoms with E-state index in [1.165, 1.54) is 7.05 Å². The maximum absolute atomic E-state index is 12.3. The molecule has 0 aliphatic carbocycles. The number of carbonyl (C=O) groups is 1. The lowest BCUT2D eigenvalue weighted by Gasteiger charge is -2.36. The van der Waals surface area contributed by atoms with Crippen molar-refractivity contribution in [2.24, 2.45) is 7.05 Å². The number of rotatable bonds is 4. The second kappa shape index (κ2) is 6.35. The Morgan fingerprint density at radius 2 is 2.18 bits per heavy atom. The van der Waals surface area contributed by atoms with E-state index in [4.69, 9.17) is 0 Å². The van der Waals surface area contributed by atoms with Gasteiger partial charge in [0.1, 0.15) is 6.04 Å². The lowest BCUT2D eigenvalue weighted by Crippen LogP contribution is -2.57. The molecule has 8 nitrogen and oxygen atoms in total. The van der Waals surface area contributed by atoms with E-state index in [0.29, 0.717) is 13.0 Å². The summed E-state index contributed by atoms with van der Waals surface area (Å²) in [7, 11) is -0.495. The Hall–Kier alpha value is -1.45. The predicted octanol–water partition coefficient (Wildman–Crippen LogP) is -0.166. The van der Waals surface area contributed by atoms with Crippen molar-refractivity contribution in [3.63, 3.8) is 0 Å². The molecule has 1 saturated heterocycles. The summed E-state index contributed by atoms with van der Waals surface area (Å²) in [4.78, 5) is 12.3. The third kappa shape index (κ3) is 3.31. The van der Waals surface area contributed by atoms with Crippen LogP contribution in [0, 0.1) is 6.92 Å². The van der Waals surface area contributed by atoms with Crippen molar-refractivity contribution in [3.05, 3.63) is 17.5 Å². The summed E-state index contributed by atoms with van der Waals surface area (Å²) in [5.74, 6) is -0.263. The van der Waals surface area contributed by atoms with Gasteiger partial charge in [-0.25, -0.2) is 0 Å². The van der Waals surface area contributed by atoms with Crippen LogP contribution in [-0.4, -0.2) is 48.0 Å². The van der Waals surface area contributed by atoms with Crippen molar-refractivity contribution in [1.29, 1.82) is 0 Å². The van der Waals surface area contributed by atoms with Crippen molar-refractivity contribution >= 4 is 16.1 Å². The zero-order valence-electron chi connectivity index (χ0n) is 13.3. The standard InChI is InChI=1S/C13H23N5O3S/c1-5-6-14-13(19)12-7-11(16-22(20,21)18(12)4)10-8-17(3)15-9(10)2/h8,11-12,16H,5-7H2,1-4H3,(H,14,19). The molecule has 0 aromatic carbocycles. The highest BCUT2D eigenvalue weighted by molar-refractivity contribution is 7.87. The number of aryl methyl sites for hydroxylation is 2. The third-order valence-electron chi connectivity index (χ3n) is 3.85. The number of aromatic nitrogens is 2. The molecule has 1 aromatic rings. The molecule has 2 atom stereocenters. The van der Waals surface area contributed by atoms with Crippen LogP contribution in [0.4, 0.5) is 0 Å². The molecular weight excluding hydrogens is 306 g/mol. The highest BCUT2D eigenvalue weighted by atomic mass is 32.2. The first kappa shape index (κ1) is 16.9. The summed E-state index contributed by atoms with van der Waals surface area (Å²) >= 11 is 0. The Labute approximate surface area is 131 Å². The van der Waals surface area contributed by atoms with E-state index in [2.05, 4.69) is 15.1 Å². The van der Waals surface area contributed by atoms with Crippen molar-refractivity contribution in [1.82, 2.24) is 24.1 Å². The molecule has 1 fully saturated rings. The van der Waals surface area contributed by atoms with Gasteiger partial charge >= 0.3 is 0 Å². The van der Waals surface area contributed by atoms with Gasteiger partial charge in [0.25, 0.3) is 10.2 Å². The van der Waals surface area contributed by atoms with Crippen LogP contribution in [0.2, 0.25) is 0 Å². The smallest absolute Gasteiger partial charge is 0.280 e. The summed E-state index contributed by atoms with van der Waals surface area (Å²) in [6.07, 6.45) is 2.96. The Kier molecular flexibility index (Phi) is 4.88. The van der Waals surface area contributed by atoms with E-state index >= 15 is 0 Å². The molecule has 9 heteroatoms. The number of nitrogens with one attached hydrogen (secondary N) is 2. The molecule has 2 N–H and O–H groups in total. The Morgan fingerprint density at radius 3 is 2.73 bits per heavy atom. The summed E-state index contributed by atoms with van der Waals surface area (Å²) in [5.41, 5.74) is 1.56. The maximum atomic E-state index is 12.3. The first-order chi connectivity index (χ1) is 10.3. The minimum atomic E-state index is -3.70. The number of hydrogen-bond acceptors (Lipinski definition) is 4. The van der Waals surface area contributed by atoms with E-state index in [-0.39, 0.29) is 5.91 Å². The topological polar surface area (TPSA) is 96.3 Å². The van der Waals surface area contributed by atoms with Gasteiger partial charge in [-0.2, -0.15) is 22.5 Å². The Bertz CT molecular complexity index is 655. The van der Waals surface area contributed by atoms with Gasteiger partial charge in [-0.3, -0.25) is 9.48 Å². The van der Waals surface area contributed by atoms with Gasteiger partial charge < -0.3 is 5.32 Å². The van der Waals surface area contributed by atoms with Gasteiger partial charge in [-0.1, -0.05) is 6.92 Å². The monoisotopic (exact) mass is 329 g/mol. The molecule has 2 heterocycles. The highest BCUT2D eigenvalue weighted by Gasteiger charge is 2.41. The first-order valence-corrected chi connectivity index (χ1v) is 8.73. The van der Waals surface area contributed by atoms with E-state index in [9.17, 15) is 13.2 Å². The van der Waals surface area contributed by atoms with Crippen LogP contribution >= 0.6 is 0 Å². The molecular formula is C13H23N5O3S. The zero-order valence-corrected chi connectivity index (χ0v) is 14.1. The van der Waals surface area contributed by atoms with Gasteiger partial charge in [0, 0.05) is 32.4 Å². The molecule has 2 unspecified atom stereocenters. The van der Waals surface area contributed by atoms with Crippen LogP contribution in [0.25, 0.3) is 0 Å². The van der Waals surface area contributed by atoms with Gasteiger partial charge in [-0.05, 0) is 19.8 Å². The number of likely N-dealkylation sites (N-methyl/N-ethyl adjacent to an activating group) is 1. The summed E-state index contributed by atoms with van der Waals surface area (Å²) in [6, 6.07) is -1.17. The molecule has 1 aromatic heterocycles. The number of carbonyl (C=O) groups excluding carboxylic acids is 1. The van der Waals surface area contributed by atoms with Crippen LogP contribution in [0.5, 0.6) is 0 Å². The third-order valence-corrected chi connectivity index (χ3v) is 5.44. The van der Waals surface area contributed by atoms with E-state index in [0.717, 1.165) is 22.0 Å². The normalized spacial score (nSPS) is 25.1. The van der Waals surface area contributed by atoms with Gasteiger partial charge in [-0.15, -0.1) is 0 Å². The Balaban J connectivity index is 2.28. The average molecular weight is 329 g/mol. The number of amides is 1. The molecule has 1 aliphatic rings. The van der Waals surface area contributed by atoms with Crippen molar-refractivity contribution < 1.29 is 13.2 Å². The molecule has 1 amide bonds. The van der Waals surface area contributed by atoms with E-state index in [1.807, 2.05) is 13.8 Å². The molecule has 0 radical (unpaired) electrons. The van der Waals surface area contributed by atoms with Crippen LogP contribution in [0.1, 0.15) is 37.1 Å². The van der Waals surface area contributed by atoms with Crippen molar-refractivity contribution in [2.45, 2.75) is 38.8 Å². The second-order valence-electron chi connectivity index (χ2n) is 5.58. The molecule has 0 spiro atoms. The van der Waals surface area contributed by atoms with Crippen molar-refractivity contribution in [3.8, 4) is 0 Å². The van der Waals surface area contributed by atoms with E-state index in [1.54, 1.807) is 17.9 Å². The summed E-state index contributed by atoms with van der Waals surface area (Å²) in [5, 5.41) is 7.01. The van der Waals surface area contributed by atoms with Crippen LogP contribution < -0.4 is 10.0 Å². The largest absolute Gasteiger partial charge is 0.355 e. The predicted molar refractivity (Wildman–Crippen MR) is 82.2 cm³/mol. The van der Waals surface area contributed by atoms with Crippen molar-refractivity contribution in [2.75, 3.05) is 13.6 Å². The summed E-state index contributed by atoms with van der Waals surface area (Å²) in [6.45, 7) is 4.31. The van der Waals surface area contributed by atoms with Gasteiger partial charge in [0.2, 0.25) is 5.91 Å². The fourth-order valence-electron chi connectivity index (χ4n) is 2.64. The fourth-order valence-corrected chi connectivity index (χ4v) is 3.90. The summed E-state index contributed by atoms with van der Waals surface area (Å²) < 4.78 is 29.9.